The summed E-state index contributed by atoms with van der Waals surface area (Å²) in [5, 5.41) is 7.16. The number of imidazole rings is 2. The molecular weight excluding hydrogens is 316 g/mol. The molecule has 1 aromatic carbocycles. The van der Waals surface area contributed by atoms with Crippen molar-refractivity contribution in [1.82, 2.24) is 23.7 Å². The Morgan fingerprint density at radius 1 is 1.24 bits per heavy atom. The number of benzene rings is 1. The Bertz CT molecular complexity index is 1080. The van der Waals surface area contributed by atoms with Crippen molar-refractivity contribution in [2.24, 2.45) is 7.05 Å². The molecule has 4 aromatic rings. The maximum Gasteiger partial charge on any atom is 0.261 e. The molecule has 25 heavy (non-hydrogen) atoms. The first-order valence-electron chi connectivity index (χ1n) is 8.41. The third-order valence-electron chi connectivity index (χ3n) is 4.50. The van der Waals surface area contributed by atoms with E-state index >= 15 is 0 Å². The Labute approximate surface area is 144 Å². The minimum atomic E-state index is -0.179. The smallest absolute Gasteiger partial charge is 0.261 e. The zero-order valence-corrected chi connectivity index (χ0v) is 14.5. The van der Waals surface area contributed by atoms with Crippen LogP contribution in [0, 0.1) is 0 Å². The van der Waals surface area contributed by atoms with E-state index in [1.165, 1.54) is 0 Å². The second-order valence-electron chi connectivity index (χ2n) is 6.02. The summed E-state index contributed by atoms with van der Waals surface area (Å²) in [6.07, 6.45) is 6.16. The van der Waals surface area contributed by atoms with Gasteiger partial charge in [-0.15, -0.1) is 0 Å². The van der Waals surface area contributed by atoms with Crippen LogP contribution in [-0.4, -0.2) is 29.6 Å². The lowest BCUT2D eigenvalue weighted by Gasteiger charge is -2.06. The molecule has 0 saturated carbocycles. The van der Waals surface area contributed by atoms with Crippen LogP contribution in [0.1, 0.15) is 30.0 Å². The molecule has 0 fully saturated rings. The molecule has 128 valence electrons. The van der Waals surface area contributed by atoms with E-state index in [9.17, 15) is 4.79 Å². The van der Waals surface area contributed by atoms with Crippen LogP contribution in [0.4, 0.5) is 5.69 Å². The maximum atomic E-state index is 12.7. The SMILES string of the molecule is CCc1nc2cc(NC(=O)c3cnn4ccn(C)c34)ccc2n1CC. The highest BCUT2D eigenvalue weighted by Crippen LogP contribution is 2.22. The number of carbonyl (C=O) groups is 1. The number of fused-ring (bicyclic) bond motifs is 2. The molecule has 0 bridgehead atoms. The van der Waals surface area contributed by atoms with E-state index in [-0.39, 0.29) is 5.91 Å². The summed E-state index contributed by atoms with van der Waals surface area (Å²) < 4.78 is 5.77. The number of aromatic nitrogens is 5. The van der Waals surface area contributed by atoms with Crippen molar-refractivity contribution in [2.45, 2.75) is 26.8 Å². The van der Waals surface area contributed by atoms with Gasteiger partial charge in [0.2, 0.25) is 0 Å². The Hall–Kier alpha value is -3.09. The van der Waals surface area contributed by atoms with Crippen molar-refractivity contribution in [3.05, 3.63) is 48.2 Å². The highest BCUT2D eigenvalue weighted by molar-refractivity contribution is 6.08. The number of nitrogens with zero attached hydrogens (tertiary/aromatic N) is 5. The van der Waals surface area contributed by atoms with Gasteiger partial charge in [0.05, 0.1) is 17.2 Å². The van der Waals surface area contributed by atoms with Gasteiger partial charge >= 0.3 is 0 Å². The second-order valence-corrected chi connectivity index (χ2v) is 6.02. The summed E-state index contributed by atoms with van der Waals surface area (Å²) in [5.41, 5.74) is 4.03. The molecule has 0 aliphatic rings. The van der Waals surface area contributed by atoms with Gasteiger partial charge in [0.15, 0.2) is 0 Å². The lowest BCUT2D eigenvalue weighted by atomic mass is 10.2. The standard InChI is InChI=1S/C18H20N6O/c1-4-16-21-14-10-12(6-7-15(14)23(16)5-2)20-17(25)13-11-19-24-9-8-22(3)18(13)24/h6-11H,4-5H2,1-3H3,(H,20,25). The summed E-state index contributed by atoms with van der Waals surface area (Å²) >= 11 is 0. The first-order chi connectivity index (χ1) is 12.1. The van der Waals surface area contributed by atoms with Crippen LogP contribution < -0.4 is 5.32 Å². The zero-order chi connectivity index (χ0) is 17.6. The topological polar surface area (TPSA) is 69.2 Å². The first-order valence-corrected chi connectivity index (χ1v) is 8.41. The maximum absolute atomic E-state index is 12.7. The number of anilines is 1. The van der Waals surface area contributed by atoms with Gasteiger partial charge in [-0.2, -0.15) is 5.10 Å². The van der Waals surface area contributed by atoms with Crippen molar-refractivity contribution in [3.8, 4) is 0 Å². The lowest BCUT2D eigenvalue weighted by molar-refractivity contribution is 0.102. The first kappa shape index (κ1) is 15.4. The van der Waals surface area contributed by atoms with Crippen LogP contribution >= 0.6 is 0 Å². The summed E-state index contributed by atoms with van der Waals surface area (Å²) in [6, 6.07) is 5.85. The van der Waals surface area contributed by atoms with Gasteiger partial charge < -0.3 is 14.5 Å². The van der Waals surface area contributed by atoms with Gasteiger partial charge in [0, 0.05) is 38.1 Å². The molecule has 1 N–H and O–H groups in total. The van der Waals surface area contributed by atoms with Crippen molar-refractivity contribution in [2.75, 3.05) is 5.32 Å². The molecular formula is C18H20N6O. The summed E-state index contributed by atoms with van der Waals surface area (Å²) in [6.45, 7) is 5.09. The molecule has 0 radical (unpaired) electrons. The zero-order valence-electron chi connectivity index (χ0n) is 14.5. The number of aryl methyl sites for hydroxylation is 3. The van der Waals surface area contributed by atoms with Gasteiger partial charge in [0.25, 0.3) is 5.91 Å². The van der Waals surface area contributed by atoms with E-state index < -0.39 is 0 Å². The molecule has 0 spiro atoms. The quantitative estimate of drug-likeness (QED) is 0.623. The van der Waals surface area contributed by atoms with Gasteiger partial charge in [-0.25, -0.2) is 9.50 Å². The van der Waals surface area contributed by atoms with Crippen LogP contribution in [0.3, 0.4) is 0 Å². The van der Waals surface area contributed by atoms with Crippen molar-refractivity contribution < 1.29 is 4.79 Å². The largest absolute Gasteiger partial charge is 0.334 e. The fourth-order valence-electron chi connectivity index (χ4n) is 3.29. The van der Waals surface area contributed by atoms with E-state index in [0.29, 0.717) is 5.56 Å². The number of nitrogens with one attached hydrogen (secondary N) is 1. The van der Waals surface area contributed by atoms with E-state index in [1.807, 2.05) is 42.2 Å². The number of amides is 1. The average Bonchev–Trinajstić information content (AvgIpc) is 3.28. The summed E-state index contributed by atoms with van der Waals surface area (Å²) in [5.74, 6) is 0.880. The fraction of sp³-hybridized carbons (Fsp3) is 0.278. The molecule has 0 aliphatic heterocycles. The monoisotopic (exact) mass is 336 g/mol. The van der Waals surface area contributed by atoms with Crippen LogP contribution in [-0.2, 0) is 20.0 Å². The van der Waals surface area contributed by atoms with Gasteiger partial charge in [-0.1, -0.05) is 6.92 Å². The lowest BCUT2D eigenvalue weighted by Crippen LogP contribution is -2.12. The van der Waals surface area contributed by atoms with E-state index in [2.05, 4.69) is 33.8 Å². The molecule has 0 aliphatic carbocycles. The van der Waals surface area contributed by atoms with Gasteiger partial charge in [0.1, 0.15) is 17.0 Å². The third-order valence-corrected chi connectivity index (χ3v) is 4.50. The van der Waals surface area contributed by atoms with E-state index in [0.717, 1.165) is 41.2 Å². The third kappa shape index (κ3) is 2.39. The minimum Gasteiger partial charge on any atom is -0.334 e. The van der Waals surface area contributed by atoms with Gasteiger partial charge in [-0.3, -0.25) is 4.79 Å². The van der Waals surface area contributed by atoms with Crippen LogP contribution in [0.15, 0.2) is 36.8 Å². The number of hydrogen-bond acceptors (Lipinski definition) is 3. The van der Waals surface area contributed by atoms with Gasteiger partial charge in [-0.05, 0) is 25.1 Å². The van der Waals surface area contributed by atoms with Crippen LogP contribution in [0.25, 0.3) is 16.7 Å². The normalized spacial score (nSPS) is 11.5. The second kappa shape index (κ2) is 5.77. The molecule has 4 rings (SSSR count). The van der Waals surface area contributed by atoms with E-state index in [1.54, 1.807) is 10.7 Å². The number of carbonyl (C=O) groups excluding carboxylic acids is 1. The Balaban J connectivity index is 1.68. The van der Waals surface area contributed by atoms with Crippen molar-refractivity contribution in [3.63, 3.8) is 0 Å². The highest BCUT2D eigenvalue weighted by Gasteiger charge is 2.16. The molecule has 7 nitrogen and oxygen atoms in total. The number of rotatable bonds is 4. The Kier molecular flexibility index (Phi) is 3.56. The molecule has 7 heteroatoms. The number of hydrogen-bond donors (Lipinski definition) is 1. The molecule has 0 saturated heterocycles. The minimum absolute atomic E-state index is 0.179. The summed E-state index contributed by atoms with van der Waals surface area (Å²) in [4.78, 5) is 17.3. The molecule has 3 aromatic heterocycles. The Morgan fingerprint density at radius 3 is 2.84 bits per heavy atom. The predicted molar refractivity (Wildman–Crippen MR) is 96.9 cm³/mol. The van der Waals surface area contributed by atoms with Crippen LogP contribution in [0.5, 0.6) is 0 Å². The fourth-order valence-corrected chi connectivity index (χ4v) is 3.29. The molecule has 0 atom stereocenters. The Morgan fingerprint density at radius 2 is 2.08 bits per heavy atom. The highest BCUT2D eigenvalue weighted by atomic mass is 16.1. The molecule has 3 heterocycles. The molecule has 1 amide bonds. The van der Waals surface area contributed by atoms with E-state index in [4.69, 9.17) is 0 Å². The summed E-state index contributed by atoms with van der Waals surface area (Å²) in [7, 11) is 1.89. The average molecular weight is 336 g/mol. The molecule has 0 unspecified atom stereocenters. The van der Waals surface area contributed by atoms with Crippen molar-refractivity contribution >= 4 is 28.3 Å². The van der Waals surface area contributed by atoms with Crippen molar-refractivity contribution in [1.29, 1.82) is 0 Å². The van der Waals surface area contributed by atoms with Crippen LogP contribution in [0.2, 0.25) is 0 Å². The predicted octanol–water partition coefficient (Wildman–Crippen LogP) is 2.86.